The summed E-state index contributed by atoms with van der Waals surface area (Å²) in [4.78, 5) is 23.4. The Labute approximate surface area is 130 Å². The Balaban J connectivity index is 1.94. The maximum absolute atomic E-state index is 11.8. The number of aryl methyl sites for hydroxylation is 1. The minimum Gasteiger partial charge on any atom is -0.457 e. The molecular weight excluding hydrogens is 308 g/mol. The van der Waals surface area contributed by atoms with Crippen molar-refractivity contribution in [2.45, 2.75) is 13.5 Å². The summed E-state index contributed by atoms with van der Waals surface area (Å²) in [5.74, 6) is -0.509. The van der Waals surface area contributed by atoms with E-state index >= 15 is 0 Å². The van der Waals surface area contributed by atoms with Crippen LogP contribution in [0.15, 0.2) is 50.2 Å². The van der Waals surface area contributed by atoms with E-state index in [1.807, 2.05) is 6.92 Å². The van der Waals surface area contributed by atoms with Crippen molar-refractivity contribution in [3.05, 3.63) is 68.9 Å². The van der Waals surface area contributed by atoms with Crippen molar-refractivity contribution in [2.75, 3.05) is 0 Å². The molecule has 5 nitrogen and oxygen atoms in total. The van der Waals surface area contributed by atoms with Crippen molar-refractivity contribution in [2.24, 2.45) is 0 Å². The SMILES string of the molecule is Cc1cc2oc(=O)cc(COC(=O)c3ccco3)c2cc1Cl. The molecular formula is C16H11ClO5. The molecule has 2 aromatic heterocycles. The molecule has 0 unspecified atom stereocenters. The van der Waals surface area contributed by atoms with Crippen LogP contribution < -0.4 is 5.63 Å². The van der Waals surface area contributed by atoms with Gasteiger partial charge in [0.25, 0.3) is 0 Å². The van der Waals surface area contributed by atoms with Gasteiger partial charge in [0.2, 0.25) is 5.76 Å². The number of furan rings is 1. The summed E-state index contributed by atoms with van der Waals surface area (Å²) >= 11 is 6.10. The van der Waals surface area contributed by atoms with Gasteiger partial charge in [0.1, 0.15) is 12.2 Å². The third kappa shape index (κ3) is 2.76. The highest BCUT2D eigenvalue weighted by Gasteiger charge is 2.13. The second kappa shape index (κ2) is 5.69. The van der Waals surface area contributed by atoms with Crippen molar-refractivity contribution >= 4 is 28.5 Å². The van der Waals surface area contributed by atoms with E-state index < -0.39 is 11.6 Å². The summed E-state index contributed by atoms with van der Waals surface area (Å²) in [5, 5.41) is 1.17. The second-order valence-corrected chi connectivity index (χ2v) is 5.15. The van der Waals surface area contributed by atoms with E-state index in [0.717, 1.165) is 5.56 Å². The molecule has 0 fully saturated rings. The predicted molar refractivity (Wildman–Crippen MR) is 80.1 cm³/mol. The van der Waals surface area contributed by atoms with Crippen molar-refractivity contribution in [1.82, 2.24) is 0 Å². The molecule has 0 radical (unpaired) electrons. The van der Waals surface area contributed by atoms with Crippen LogP contribution in [0, 0.1) is 6.92 Å². The summed E-state index contributed by atoms with van der Waals surface area (Å²) < 4.78 is 15.2. The van der Waals surface area contributed by atoms with Crippen molar-refractivity contribution in [1.29, 1.82) is 0 Å². The first-order valence-electron chi connectivity index (χ1n) is 6.48. The number of hydrogen-bond donors (Lipinski definition) is 0. The molecule has 112 valence electrons. The van der Waals surface area contributed by atoms with Gasteiger partial charge in [-0.3, -0.25) is 0 Å². The number of halogens is 1. The lowest BCUT2D eigenvalue weighted by atomic mass is 10.1. The van der Waals surface area contributed by atoms with Crippen molar-refractivity contribution < 1.29 is 18.4 Å². The molecule has 0 aliphatic carbocycles. The fraction of sp³-hybridized carbons (Fsp3) is 0.125. The molecule has 0 saturated carbocycles. The average Bonchev–Trinajstić information content (AvgIpc) is 3.00. The molecule has 3 rings (SSSR count). The van der Waals surface area contributed by atoms with Crippen LogP contribution in [0.4, 0.5) is 0 Å². The van der Waals surface area contributed by atoms with Crippen LogP contribution in [0.25, 0.3) is 11.0 Å². The number of esters is 1. The van der Waals surface area contributed by atoms with E-state index in [1.165, 1.54) is 18.4 Å². The number of benzene rings is 1. The zero-order valence-electron chi connectivity index (χ0n) is 11.6. The highest BCUT2D eigenvalue weighted by molar-refractivity contribution is 6.32. The predicted octanol–water partition coefficient (Wildman–Crippen LogP) is 3.70. The van der Waals surface area contributed by atoms with E-state index in [1.54, 1.807) is 18.2 Å². The Morgan fingerprint density at radius 1 is 1.32 bits per heavy atom. The van der Waals surface area contributed by atoms with Gasteiger partial charge in [0.15, 0.2) is 0 Å². The second-order valence-electron chi connectivity index (χ2n) is 4.74. The molecule has 0 N–H and O–H groups in total. The van der Waals surface area contributed by atoms with E-state index in [4.69, 9.17) is 25.2 Å². The molecule has 0 aliphatic heterocycles. The molecule has 0 aliphatic rings. The Morgan fingerprint density at radius 2 is 2.14 bits per heavy atom. The molecule has 2 heterocycles. The van der Waals surface area contributed by atoms with Crippen LogP contribution in [0.5, 0.6) is 0 Å². The molecule has 1 aromatic carbocycles. The lowest BCUT2D eigenvalue weighted by Crippen LogP contribution is -2.07. The van der Waals surface area contributed by atoms with Gasteiger partial charge in [-0.15, -0.1) is 0 Å². The average molecular weight is 319 g/mol. The topological polar surface area (TPSA) is 69.7 Å². The minimum absolute atomic E-state index is 0.0823. The minimum atomic E-state index is -0.607. The molecule has 0 saturated heterocycles. The van der Waals surface area contributed by atoms with Gasteiger partial charge in [0.05, 0.1) is 6.26 Å². The molecule has 0 atom stereocenters. The Morgan fingerprint density at radius 3 is 2.86 bits per heavy atom. The fourth-order valence-electron chi connectivity index (χ4n) is 2.08. The first-order valence-corrected chi connectivity index (χ1v) is 6.86. The normalized spacial score (nSPS) is 10.8. The maximum Gasteiger partial charge on any atom is 0.374 e. The van der Waals surface area contributed by atoms with E-state index in [2.05, 4.69) is 0 Å². The van der Waals surface area contributed by atoms with Gasteiger partial charge in [0, 0.05) is 22.0 Å². The third-order valence-electron chi connectivity index (χ3n) is 3.19. The van der Waals surface area contributed by atoms with Gasteiger partial charge in [-0.25, -0.2) is 9.59 Å². The van der Waals surface area contributed by atoms with E-state index in [-0.39, 0.29) is 12.4 Å². The van der Waals surface area contributed by atoms with Gasteiger partial charge in [-0.2, -0.15) is 0 Å². The fourth-order valence-corrected chi connectivity index (χ4v) is 2.24. The lowest BCUT2D eigenvalue weighted by Gasteiger charge is -2.07. The van der Waals surface area contributed by atoms with Crippen LogP contribution >= 0.6 is 11.6 Å². The monoisotopic (exact) mass is 318 g/mol. The van der Waals surface area contributed by atoms with Gasteiger partial charge in [-0.1, -0.05) is 11.6 Å². The molecule has 3 aromatic rings. The van der Waals surface area contributed by atoms with Gasteiger partial charge >= 0.3 is 11.6 Å². The van der Waals surface area contributed by atoms with Crippen molar-refractivity contribution in [3.63, 3.8) is 0 Å². The summed E-state index contributed by atoms with van der Waals surface area (Å²) in [6.07, 6.45) is 1.38. The molecule has 0 bridgehead atoms. The van der Waals surface area contributed by atoms with Gasteiger partial charge in [-0.05, 0) is 36.8 Å². The molecule has 0 spiro atoms. The number of carbonyl (C=O) groups excluding carboxylic acids is 1. The first-order chi connectivity index (χ1) is 10.5. The Bertz CT molecular complexity index is 893. The maximum atomic E-state index is 11.8. The number of ether oxygens (including phenoxy) is 1. The largest absolute Gasteiger partial charge is 0.457 e. The van der Waals surface area contributed by atoms with Crippen LogP contribution in [0.1, 0.15) is 21.7 Å². The van der Waals surface area contributed by atoms with E-state index in [9.17, 15) is 9.59 Å². The van der Waals surface area contributed by atoms with Crippen LogP contribution in [-0.4, -0.2) is 5.97 Å². The van der Waals surface area contributed by atoms with Gasteiger partial charge < -0.3 is 13.6 Å². The summed E-state index contributed by atoms with van der Waals surface area (Å²) in [5.41, 5.74) is 1.20. The summed E-state index contributed by atoms with van der Waals surface area (Å²) in [6, 6.07) is 7.73. The number of carbonyl (C=O) groups is 1. The lowest BCUT2D eigenvalue weighted by molar-refractivity contribution is 0.0437. The number of fused-ring (bicyclic) bond motifs is 1. The molecule has 6 heteroatoms. The number of hydrogen-bond acceptors (Lipinski definition) is 5. The van der Waals surface area contributed by atoms with Crippen LogP contribution in [0.2, 0.25) is 5.02 Å². The Kier molecular flexibility index (Phi) is 3.73. The summed E-state index contributed by atoms with van der Waals surface area (Å²) in [6.45, 7) is 1.73. The quantitative estimate of drug-likeness (QED) is 0.544. The molecule has 0 amide bonds. The van der Waals surface area contributed by atoms with Crippen LogP contribution in [0.3, 0.4) is 0 Å². The Hall–Kier alpha value is -2.53. The first kappa shape index (κ1) is 14.4. The van der Waals surface area contributed by atoms with Crippen molar-refractivity contribution in [3.8, 4) is 0 Å². The zero-order valence-corrected chi connectivity index (χ0v) is 12.3. The zero-order chi connectivity index (χ0) is 15.7. The van der Waals surface area contributed by atoms with E-state index in [0.29, 0.717) is 21.6 Å². The van der Waals surface area contributed by atoms with Crippen LogP contribution in [-0.2, 0) is 11.3 Å². The summed E-state index contributed by atoms with van der Waals surface area (Å²) in [7, 11) is 0. The number of rotatable bonds is 3. The smallest absolute Gasteiger partial charge is 0.374 e. The standard InChI is InChI=1S/C16H11ClO5/c1-9-5-14-11(7-12(9)17)10(6-15(18)22-14)8-21-16(19)13-3-2-4-20-13/h2-7H,8H2,1H3. The highest BCUT2D eigenvalue weighted by Crippen LogP contribution is 2.25. The highest BCUT2D eigenvalue weighted by atomic mass is 35.5. The molecule has 22 heavy (non-hydrogen) atoms. The third-order valence-corrected chi connectivity index (χ3v) is 3.60.